The van der Waals surface area contributed by atoms with Crippen molar-refractivity contribution in [3.05, 3.63) is 169 Å². The van der Waals surface area contributed by atoms with Gasteiger partial charge in [-0.1, -0.05) is 0 Å². The summed E-state index contributed by atoms with van der Waals surface area (Å²) in [5.41, 5.74) is 1.82. The van der Waals surface area contributed by atoms with Crippen molar-refractivity contribution >= 4 is 68.8 Å². The van der Waals surface area contributed by atoms with Crippen molar-refractivity contribution in [2.75, 3.05) is 23.8 Å². The molecule has 244 valence electrons. The SMILES string of the molecule is CCOc1ccc(NC(=S)Nc2ccc(OCC)cc2)cc1.Clc1ccccc1[PH](c1ccccc1)(c1ccccc1)c1ccccc1. The molecule has 0 bridgehead atoms. The summed E-state index contributed by atoms with van der Waals surface area (Å²) in [4.78, 5) is 0. The van der Waals surface area contributed by atoms with Crippen LogP contribution in [0.4, 0.5) is 11.4 Å². The first-order chi connectivity index (χ1) is 23.5. The molecule has 7 heteroatoms. The Kier molecular flexibility index (Phi) is 12.6. The summed E-state index contributed by atoms with van der Waals surface area (Å²) in [6, 6.07) is 56.1. The molecule has 0 aliphatic heterocycles. The van der Waals surface area contributed by atoms with Crippen LogP contribution >= 0.6 is 31.1 Å². The van der Waals surface area contributed by atoms with Gasteiger partial charge in [0.2, 0.25) is 0 Å². The molecule has 0 amide bonds. The Bertz CT molecular complexity index is 1710. The first-order valence-corrected chi connectivity index (χ1v) is 18.8. The van der Waals surface area contributed by atoms with E-state index in [4.69, 9.17) is 33.3 Å². The van der Waals surface area contributed by atoms with Crippen LogP contribution in [0.3, 0.4) is 0 Å². The predicted octanol–water partition coefficient (Wildman–Crippen LogP) is 8.98. The number of benzene rings is 6. The van der Waals surface area contributed by atoms with Gasteiger partial charge in [-0.05, 0) is 74.6 Å². The summed E-state index contributed by atoms with van der Waals surface area (Å²) in [6.07, 6.45) is 0. The fourth-order valence-electron chi connectivity index (χ4n) is 5.69. The summed E-state index contributed by atoms with van der Waals surface area (Å²) < 4.78 is 10.8. The summed E-state index contributed by atoms with van der Waals surface area (Å²) >= 11 is 12.1. The van der Waals surface area contributed by atoms with Crippen LogP contribution in [0.25, 0.3) is 0 Å². The van der Waals surface area contributed by atoms with Gasteiger partial charge in [-0.25, -0.2) is 0 Å². The van der Waals surface area contributed by atoms with Crippen molar-refractivity contribution in [3.8, 4) is 11.5 Å². The molecule has 2 N–H and O–H groups in total. The van der Waals surface area contributed by atoms with E-state index in [9.17, 15) is 0 Å². The molecule has 48 heavy (non-hydrogen) atoms. The Morgan fingerprint density at radius 1 is 0.521 bits per heavy atom. The molecule has 6 aromatic rings. The van der Waals surface area contributed by atoms with E-state index in [1.807, 2.05) is 74.5 Å². The maximum atomic E-state index is 6.79. The van der Waals surface area contributed by atoms with Gasteiger partial charge in [-0.2, -0.15) is 0 Å². The van der Waals surface area contributed by atoms with Gasteiger partial charge in [0.05, 0.1) is 13.2 Å². The van der Waals surface area contributed by atoms with Crippen LogP contribution in [-0.2, 0) is 0 Å². The van der Waals surface area contributed by atoms with Crippen molar-refractivity contribution in [1.82, 2.24) is 0 Å². The monoisotopic (exact) mass is 690 g/mol. The zero-order valence-electron chi connectivity index (χ0n) is 27.1. The van der Waals surface area contributed by atoms with Crippen molar-refractivity contribution in [2.45, 2.75) is 13.8 Å². The third kappa shape index (κ3) is 8.62. The molecule has 0 atom stereocenters. The van der Waals surface area contributed by atoms with E-state index in [1.54, 1.807) is 0 Å². The minimum atomic E-state index is -2.48. The number of nitrogens with one attached hydrogen (secondary N) is 2. The Morgan fingerprint density at radius 2 is 0.875 bits per heavy atom. The van der Waals surface area contributed by atoms with Crippen LogP contribution < -0.4 is 41.3 Å². The second-order valence-electron chi connectivity index (χ2n) is 10.8. The van der Waals surface area contributed by atoms with Crippen molar-refractivity contribution < 1.29 is 9.47 Å². The van der Waals surface area contributed by atoms with Gasteiger partial charge in [0.1, 0.15) is 11.5 Å². The molecule has 0 aliphatic rings. The zero-order chi connectivity index (χ0) is 33.6. The third-order valence-corrected chi connectivity index (χ3v) is 13.3. The van der Waals surface area contributed by atoms with Gasteiger partial charge < -0.3 is 20.1 Å². The molecule has 0 spiro atoms. The number of rotatable bonds is 10. The van der Waals surface area contributed by atoms with E-state index in [1.165, 1.54) is 21.2 Å². The molecular weight excluding hydrogens is 651 g/mol. The molecule has 0 unspecified atom stereocenters. The van der Waals surface area contributed by atoms with E-state index in [-0.39, 0.29) is 0 Å². The zero-order valence-corrected chi connectivity index (χ0v) is 29.7. The molecule has 0 radical (unpaired) electrons. The molecule has 6 rings (SSSR count). The van der Waals surface area contributed by atoms with Crippen LogP contribution in [-0.4, -0.2) is 18.3 Å². The molecule has 6 aromatic carbocycles. The molecule has 0 aliphatic carbocycles. The Hall–Kier alpha value is -4.67. The van der Waals surface area contributed by atoms with Crippen LogP contribution in [0.2, 0.25) is 5.02 Å². The minimum absolute atomic E-state index is 0.535. The molecule has 0 saturated carbocycles. The summed E-state index contributed by atoms with van der Waals surface area (Å²) in [5, 5.41) is 12.9. The van der Waals surface area contributed by atoms with Crippen LogP contribution in [0.1, 0.15) is 13.8 Å². The normalized spacial score (nSPS) is 11.0. The van der Waals surface area contributed by atoms with Gasteiger partial charge in [0.15, 0.2) is 5.11 Å². The predicted molar refractivity (Wildman–Crippen MR) is 213 cm³/mol. The van der Waals surface area contributed by atoms with Crippen LogP contribution in [0.5, 0.6) is 11.5 Å². The maximum absolute atomic E-state index is 6.79. The summed E-state index contributed by atoms with van der Waals surface area (Å²) in [7, 11) is -2.48. The topological polar surface area (TPSA) is 42.5 Å². The first kappa shape index (κ1) is 34.7. The van der Waals surface area contributed by atoms with Crippen LogP contribution in [0.15, 0.2) is 164 Å². The van der Waals surface area contributed by atoms with Gasteiger partial charge in [0.25, 0.3) is 0 Å². The Labute approximate surface area is 295 Å². The standard InChI is InChI=1S/C24H20ClP.C17H20N2O2S/c25-23-18-10-11-19-24(23)26(20-12-4-1-5-13-20,21-14-6-2-7-15-21)22-16-8-3-9-17-22;1-3-20-15-9-5-13(6-10-15)18-17(22)19-14-7-11-16(12-8-14)21-4-2/h1-19,26H;5-12H,3-4H2,1-2H3,(H2,18,19,22). The fourth-order valence-corrected chi connectivity index (χ4v) is 11.3. The van der Waals surface area contributed by atoms with E-state index >= 15 is 0 Å². The van der Waals surface area contributed by atoms with Gasteiger partial charge in [-0.15, -0.1) is 0 Å². The number of anilines is 2. The number of thiocarbonyl (C=S) groups is 1. The average Bonchev–Trinajstić information content (AvgIpc) is 3.13. The van der Waals surface area contributed by atoms with Crippen molar-refractivity contribution in [1.29, 1.82) is 0 Å². The van der Waals surface area contributed by atoms with Gasteiger partial charge in [-0.3, -0.25) is 0 Å². The van der Waals surface area contributed by atoms with E-state index in [0.717, 1.165) is 27.9 Å². The summed E-state index contributed by atoms with van der Waals surface area (Å²) in [5.74, 6) is 1.69. The molecular formula is C41H40ClN2O2PS. The average molecular weight is 691 g/mol. The Balaban J connectivity index is 0.000000191. The van der Waals surface area contributed by atoms with E-state index in [2.05, 4.69) is 114 Å². The van der Waals surface area contributed by atoms with Crippen molar-refractivity contribution in [2.24, 2.45) is 0 Å². The molecule has 0 fully saturated rings. The molecule has 4 nitrogen and oxygen atoms in total. The fraction of sp³-hybridized carbons (Fsp3) is 0.0976. The number of halogens is 1. The quantitative estimate of drug-likeness (QED) is 0.111. The molecule has 0 aromatic heterocycles. The summed E-state index contributed by atoms with van der Waals surface area (Å²) in [6.45, 7) is 5.24. The van der Waals surface area contributed by atoms with E-state index < -0.39 is 7.26 Å². The molecule has 0 heterocycles. The van der Waals surface area contributed by atoms with Gasteiger partial charge in [0, 0.05) is 11.4 Å². The number of hydrogen-bond donors (Lipinski definition) is 2. The number of hydrogen-bond acceptors (Lipinski definition) is 3. The molecule has 0 saturated heterocycles. The van der Waals surface area contributed by atoms with Gasteiger partial charge >= 0.3 is 160 Å². The number of ether oxygens (including phenoxy) is 2. The first-order valence-electron chi connectivity index (χ1n) is 16.0. The van der Waals surface area contributed by atoms with Crippen LogP contribution in [0, 0.1) is 0 Å². The third-order valence-electron chi connectivity index (χ3n) is 7.74. The second kappa shape index (κ2) is 17.5. The Morgan fingerprint density at radius 3 is 1.23 bits per heavy atom. The van der Waals surface area contributed by atoms with E-state index in [0.29, 0.717) is 18.3 Å². The van der Waals surface area contributed by atoms with Crippen molar-refractivity contribution in [3.63, 3.8) is 0 Å². The second-order valence-corrected chi connectivity index (χ2v) is 15.4.